The van der Waals surface area contributed by atoms with E-state index in [2.05, 4.69) is 6.07 Å². The molecule has 1 atom stereocenters. The number of ether oxygens (including phenoxy) is 2. The Hall–Kier alpha value is -2.07. The molecule has 0 radical (unpaired) electrons. The Labute approximate surface area is 136 Å². The van der Waals surface area contributed by atoms with Crippen molar-refractivity contribution in [1.82, 2.24) is 0 Å². The van der Waals surface area contributed by atoms with Crippen LogP contribution in [0.25, 0.3) is 11.1 Å². The summed E-state index contributed by atoms with van der Waals surface area (Å²) in [5.74, 6) is 1.07. The molecule has 1 aliphatic rings. The van der Waals surface area contributed by atoms with Gasteiger partial charge in [-0.1, -0.05) is 18.2 Å². The minimum absolute atomic E-state index is 0.0264. The van der Waals surface area contributed by atoms with Crippen LogP contribution in [0.5, 0.6) is 11.5 Å². The molecule has 0 spiro atoms. The summed E-state index contributed by atoms with van der Waals surface area (Å²) < 4.78 is 25.5. The van der Waals surface area contributed by atoms with Gasteiger partial charge in [-0.15, -0.1) is 0 Å². The van der Waals surface area contributed by atoms with Crippen LogP contribution < -0.4 is 15.2 Å². The zero-order chi connectivity index (χ0) is 16.4. The molecule has 0 saturated carbocycles. The van der Waals surface area contributed by atoms with Gasteiger partial charge in [-0.05, 0) is 44.4 Å². The molecule has 3 nitrogen and oxygen atoms in total. The predicted octanol–water partition coefficient (Wildman–Crippen LogP) is 3.93. The summed E-state index contributed by atoms with van der Waals surface area (Å²) in [4.78, 5) is 0. The maximum Gasteiger partial charge on any atom is 0.130 e. The predicted molar refractivity (Wildman–Crippen MR) is 89.4 cm³/mol. The van der Waals surface area contributed by atoms with Crippen molar-refractivity contribution in [3.63, 3.8) is 0 Å². The third-order valence-corrected chi connectivity index (χ3v) is 3.98. The molecule has 0 fully saturated rings. The molecule has 0 aromatic heterocycles. The molecule has 0 amide bonds. The van der Waals surface area contributed by atoms with E-state index in [4.69, 9.17) is 15.2 Å². The first-order valence-corrected chi connectivity index (χ1v) is 8.03. The second-order valence-electron chi connectivity index (χ2n) is 6.12. The summed E-state index contributed by atoms with van der Waals surface area (Å²) in [5, 5.41) is 0. The third-order valence-electron chi connectivity index (χ3n) is 3.98. The van der Waals surface area contributed by atoms with Gasteiger partial charge >= 0.3 is 0 Å². The van der Waals surface area contributed by atoms with E-state index in [-0.39, 0.29) is 18.0 Å². The van der Waals surface area contributed by atoms with Crippen LogP contribution in [-0.4, -0.2) is 18.8 Å². The van der Waals surface area contributed by atoms with Crippen molar-refractivity contribution in [2.24, 2.45) is 5.73 Å². The van der Waals surface area contributed by atoms with Crippen molar-refractivity contribution in [3.8, 4) is 22.6 Å². The smallest absolute Gasteiger partial charge is 0.130 e. The number of nitrogens with two attached hydrogens (primary N) is 1. The third kappa shape index (κ3) is 3.32. The van der Waals surface area contributed by atoms with E-state index in [1.807, 2.05) is 26.0 Å². The van der Waals surface area contributed by atoms with Gasteiger partial charge in [0.25, 0.3) is 0 Å². The van der Waals surface area contributed by atoms with Gasteiger partial charge in [0.05, 0.1) is 6.10 Å². The zero-order valence-electron chi connectivity index (χ0n) is 13.5. The van der Waals surface area contributed by atoms with E-state index < -0.39 is 0 Å². The average molecular weight is 315 g/mol. The summed E-state index contributed by atoms with van der Waals surface area (Å²) in [6.07, 6.45) is 1.85. The van der Waals surface area contributed by atoms with E-state index in [0.717, 1.165) is 35.3 Å². The number of hydrogen-bond donors (Lipinski definition) is 1. The summed E-state index contributed by atoms with van der Waals surface area (Å²) >= 11 is 0. The highest BCUT2D eigenvalue weighted by Gasteiger charge is 2.23. The van der Waals surface area contributed by atoms with E-state index in [9.17, 15) is 4.39 Å². The molecular formula is C19H22FNO2. The van der Waals surface area contributed by atoms with Gasteiger partial charge in [0, 0.05) is 23.7 Å². The molecule has 1 aliphatic heterocycles. The van der Waals surface area contributed by atoms with E-state index in [1.165, 1.54) is 12.1 Å². The minimum atomic E-state index is -0.310. The van der Waals surface area contributed by atoms with Crippen molar-refractivity contribution >= 4 is 0 Å². The average Bonchev–Trinajstić information content (AvgIpc) is 2.53. The van der Waals surface area contributed by atoms with Crippen LogP contribution in [0.2, 0.25) is 0 Å². The highest BCUT2D eigenvalue weighted by molar-refractivity contribution is 5.77. The molecule has 1 heterocycles. The largest absolute Gasteiger partial charge is 0.490 e. The van der Waals surface area contributed by atoms with E-state index >= 15 is 0 Å². The Morgan fingerprint density at radius 1 is 1.26 bits per heavy atom. The molecule has 3 rings (SSSR count). The van der Waals surface area contributed by atoms with E-state index in [0.29, 0.717) is 12.3 Å². The number of hydrogen-bond acceptors (Lipinski definition) is 3. The van der Waals surface area contributed by atoms with Crippen LogP contribution in [0.3, 0.4) is 0 Å². The Morgan fingerprint density at radius 3 is 2.83 bits per heavy atom. The quantitative estimate of drug-likeness (QED) is 0.929. The Kier molecular flexibility index (Phi) is 4.53. The zero-order valence-corrected chi connectivity index (χ0v) is 13.5. The van der Waals surface area contributed by atoms with Gasteiger partial charge in [-0.3, -0.25) is 0 Å². The lowest BCUT2D eigenvalue weighted by Crippen LogP contribution is -2.30. The fourth-order valence-corrected chi connectivity index (χ4v) is 2.91. The Balaban J connectivity index is 2.09. The highest BCUT2D eigenvalue weighted by atomic mass is 19.1. The number of rotatable bonds is 4. The molecule has 2 N–H and O–H groups in total. The van der Waals surface area contributed by atoms with Gasteiger partial charge in [0.15, 0.2) is 0 Å². The summed E-state index contributed by atoms with van der Waals surface area (Å²) in [6.45, 7) is 4.35. The molecule has 23 heavy (non-hydrogen) atoms. The summed E-state index contributed by atoms with van der Waals surface area (Å²) in [6, 6.07) is 10.7. The van der Waals surface area contributed by atoms with Gasteiger partial charge in [-0.25, -0.2) is 4.39 Å². The fraction of sp³-hybridized carbons (Fsp3) is 0.368. The molecule has 2 aromatic rings. The molecule has 2 aromatic carbocycles. The highest BCUT2D eigenvalue weighted by Crippen LogP contribution is 2.41. The fourth-order valence-electron chi connectivity index (χ4n) is 2.91. The molecule has 4 heteroatoms. The SMILES string of the molecule is CC(C)Oc1cc(F)ccc1-c1cccc2c1O[C@@H](CN)CC2. The Bertz CT molecular complexity index is 700. The first kappa shape index (κ1) is 15.8. The molecule has 0 saturated heterocycles. The minimum Gasteiger partial charge on any atom is -0.490 e. The number of aryl methyl sites for hydroxylation is 1. The van der Waals surface area contributed by atoms with Crippen molar-refractivity contribution in [1.29, 1.82) is 0 Å². The van der Waals surface area contributed by atoms with Crippen LogP contribution in [0.1, 0.15) is 25.8 Å². The topological polar surface area (TPSA) is 44.5 Å². The molecule has 0 unspecified atom stereocenters. The normalized spacial score (nSPS) is 16.8. The van der Waals surface area contributed by atoms with Gasteiger partial charge in [0.2, 0.25) is 0 Å². The standard InChI is InChI=1S/C19H22FNO2/c1-12(2)22-18-10-14(20)7-9-16(18)17-5-3-4-13-6-8-15(11-21)23-19(13)17/h3-5,7,9-10,12,15H,6,8,11,21H2,1-2H3/t15-/m1/s1. The Morgan fingerprint density at radius 2 is 2.09 bits per heavy atom. The maximum absolute atomic E-state index is 13.6. The monoisotopic (exact) mass is 315 g/mol. The van der Waals surface area contributed by atoms with Crippen molar-refractivity contribution in [2.75, 3.05) is 6.54 Å². The molecule has 122 valence electrons. The van der Waals surface area contributed by atoms with Crippen molar-refractivity contribution in [3.05, 3.63) is 47.8 Å². The lowest BCUT2D eigenvalue weighted by Gasteiger charge is -2.27. The first-order valence-electron chi connectivity index (χ1n) is 8.03. The number of benzene rings is 2. The van der Waals surface area contributed by atoms with Crippen molar-refractivity contribution < 1.29 is 13.9 Å². The molecular weight excluding hydrogens is 293 g/mol. The van der Waals surface area contributed by atoms with E-state index in [1.54, 1.807) is 6.07 Å². The first-order chi connectivity index (χ1) is 11.1. The number of para-hydroxylation sites is 1. The van der Waals surface area contributed by atoms with Crippen LogP contribution in [0.15, 0.2) is 36.4 Å². The molecule has 0 aliphatic carbocycles. The maximum atomic E-state index is 13.6. The van der Waals surface area contributed by atoms with Gasteiger partial charge < -0.3 is 15.2 Å². The van der Waals surface area contributed by atoms with Gasteiger partial charge in [-0.2, -0.15) is 0 Å². The summed E-state index contributed by atoms with van der Waals surface area (Å²) in [7, 11) is 0. The molecule has 0 bridgehead atoms. The van der Waals surface area contributed by atoms with Gasteiger partial charge in [0.1, 0.15) is 23.4 Å². The van der Waals surface area contributed by atoms with Crippen LogP contribution in [-0.2, 0) is 6.42 Å². The van der Waals surface area contributed by atoms with Crippen molar-refractivity contribution in [2.45, 2.75) is 38.9 Å². The number of fused-ring (bicyclic) bond motifs is 1. The number of halogens is 1. The van der Waals surface area contributed by atoms with Crippen LogP contribution in [0.4, 0.5) is 4.39 Å². The lowest BCUT2D eigenvalue weighted by atomic mass is 9.95. The lowest BCUT2D eigenvalue weighted by molar-refractivity contribution is 0.182. The second kappa shape index (κ2) is 6.59. The summed E-state index contributed by atoms with van der Waals surface area (Å²) in [5.41, 5.74) is 8.69. The second-order valence-corrected chi connectivity index (χ2v) is 6.12. The van der Waals surface area contributed by atoms with Crippen LogP contribution in [0, 0.1) is 5.82 Å². The van der Waals surface area contributed by atoms with Crippen LogP contribution >= 0.6 is 0 Å².